The number of unbranched alkanes of at least 4 members (excludes halogenated alkanes) is 1. The molecule has 0 bridgehead atoms. The van der Waals surface area contributed by atoms with Gasteiger partial charge in [0.1, 0.15) is 16.7 Å². The first-order valence-corrected chi connectivity index (χ1v) is 17.7. The highest BCUT2D eigenvalue weighted by Crippen LogP contribution is 2.37. The largest absolute Gasteiger partial charge is 0.494 e. The zero-order valence-corrected chi connectivity index (χ0v) is 30.1. The quantitative estimate of drug-likeness (QED) is 0.0532. The Morgan fingerprint density at radius 2 is 1.44 bits per heavy atom. The van der Waals surface area contributed by atoms with Gasteiger partial charge in [0.25, 0.3) is 11.8 Å². The minimum absolute atomic E-state index is 0.0162. The fourth-order valence-electron chi connectivity index (χ4n) is 5.11. The number of methoxy groups -OCH3 is 2. The first kappa shape index (κ1) is 37.3. The number of benzene rings is 5. The van der Waals surface area contributed by atoms with Crippen LogP contribution in [0.3, 0.4) is 0 Å². The van der Waals surface area contributed by atoms with Crippen LogP contribution in [0.2, 0.25) is 0 Å². The average Bonchev–Trinajstić information content (AvgIpc) is 3.18. The summed E-state index contributed by atoms with van der Waals surface area (Å²) < 4.78 is 16.5. The van der Waals surface area contributed by atoms with E-state index in [-0.39, 0.29) is 11.6 Å². The molecule has 266 valence electrons. The Balaban J connectivity index is 1.36. The van der Waals surface area contributed by atoms with Crippen molar-refractivity contribution < 1.29 is 28.6 Å². The van der Waals surface area contributed by atoms with Crippen LogP contribution in [0.5, 0.6) is 17.2 Å². The second-order valence-electron chi connectivity index (χ2n) is 11.6. The number of hydrogen-bond acceptors (Lipinski definition) is 7. The molecule has 0 saturated carbocycles. The summed E-state index contributed by atoms with van der Waals surface area (Å²) in [6, 6.07) is 37.9. The molecule has 10 heteroatoms. The summed E-state index contributed by atoms with van der Waals surface area (Å²) in [5.41, 5.74) is 2.98. The topological polar surface area (TPSA) is 115 Å². The lowest BCUT2D eigenvalue weighted by Gasteiger charge is -2.18. The van der Waals surface area contributed by atoms with Crippen molar-refractivity contribution in [1.29, 1.82) is 0 Å². The molecule has 1 unspecified atom stereocenters. The predicted molar refractivity (Wildman–Crippen MR) is 207 cm³/mol. The van der Waals surface area contributed by atoms with Gasteiger partial charge in [-0.05, 0) is 90.4 Å². The molecule has 0 spiro atoms. The third-order valence-electron chi connectivity index (χ3n) is 7.82. The van der Waals surface area contributed by atoms with Crippen LogP contribution in [0.1, 0.15) is 46.5 Å². The third kappa shape index (κ3) is 10.5. The molecule has 3 N–H and O–H groups in total. The molecule has 52 heavy (non-hydrogen) atoms. The van der Waals surface area contributed by atoms with Crippen molar-refractivity contribution >= 4 is 46.9 Å². The Kier molecular flexibility index (Phi) is 13.5. The van der Waals surface area contributed by atoms with Gasteiger partial charge in [-0.15, -0.1) is 11.8 Å². The molecule has 0 radical (unpaired) electrons. The van der Waals surface area contributed by atoms with Gasteiger partial charge in [0.05, 0.1) is 20.8 Å². The molecular formula is C42H41N3O6S. The van der Waals surface area contributed by atoms with Gasteiger partial charge in [-0.25, -0.2) is 0 Å². The number of carbonyl (C=O) groups is 3. The van der Waals surface area contributed by atoms with E-state index in [9.17, 15) is 14.4 Å². The molecule has 0 saturated heterocycles. The fourth-order valence-corrected chi connectivity index (χ4v) is 6.19. The van der Waals surface area contributed by atoms with Gasteiger partial charge in [0.2, 0.25) is 5.91 Å². The maximum atomic E-state index is 13.8. The number of amides is 3. The lowest BCUT2D eigenvalue weighted by molar-refractivity contribution is -0.116. The molecular weight excluding hydrogens is 675 g/mol. The van der Waals surface area contributed by atoms with Crippen molar-refractivity contribution in [2.75, 3.05) is 31.5 Å². The Morgan fingerprint density at radius 3 is 2.13 bits per heavy atom. The second-order valence-corrected chi connectivity index (χ2v) is 12.8. The lowest BCUT2D eigenvalue weighted by Crippen LogP contribution is -2.30. The molecule has 5 rings (SSSR count). The smallest absolute Gasteiger partial charge is 0.272 e. The highest BCUT2D eigenvalue weighted by molar-refractivity contribution is 8.00. The van der Waals surface area contributed by atoms with Gasteiger partial charge in [0.15, 0.2) is 11.5 Å². The molecule has 0 heterocycles. The molecule has 1 atom stereocenters. The van der Waals surface area contributed by atoms with E-state index in [1.54, 1.807) is 66.7 Å². The summed E-state index contributed by atoms with van der Waals surface area (Å²) >= 11 is 1.36. The van der Waals surface area contributed by atoms with E-state index >= 15 is 0 Å². The molecule has 0 fully saturated rings. The van der Waals surface area contributed by atoms with Crippen LogP contribution < -0.4 is 30.2 Å². The van der Waals surface area contributed by atoms with Crippen molar-refractivity contribution in [3.63, 3.8) is 0 Å². The predicted octanol–water partition coefficient (Wildman–Crippen LogP) is 8.76. The molecule has 5 aromatic rings. The van der Waals surface area contributed by atoms with Gasteiger partial charge in [-0.2, -0.15) is 0 Å². The maximum absolute atomic E-state index is 13.8. The average molecular weight is 716 g/mol. The van der Waals surface area contributed by atoms with Crippen LogP contribution in [0.15, 0.2) is 138 Å². The van der Waals surface area contributed by atoms with E-state index < -0.39 is 17.1 Å². The van der Waals surface area contributed by atoms with Crippen LogP contribution in [0, 0.1) is 0 Å². The van der Waals surface area contributed by atoms with Gasteiger partial charge in [-0.1, -0.05) is 74.0 Å². The monoisotopic (exact) mass is 715 g/mol. The number of ether oxygens (including phenoxy) is 3. The van der Waals surface area contributed by atoms with Gasteiger partial charge in [0, 0.05) is 21.8 Å². The van der Waals surface area contributed by atoms with Crippen molar-refractivity contribution in [3.8, 4) is 17.2 Å². The normalized spacial score (nSPS) is 11.6. The van der Waals surface area contributed by atoms with Gasteiger partial charge < -0.3 is 30.2 Å². The maximum Gasteiger partial charge on any atom is 0.272 e. The Bertz CT molecular complexity index is 1980. The summed E-state index contributed by atoms with van der Waals surface area (Å²) in [6.45, 7) is 2.76. The molecule has 3 amide bonds. The zero-order valence-electron chi connectivity index (χ0n) is 29.3. The molecule has 5 aromatic carbocycles. The Hall–Kier alpha value is -6.00. The van der Waals surface area contributed by atoms with Crippen LogP contribution in [0.4, 0.5) is 11.4 Å². The van der Waals surface area contributed by atoms with Crippen molar-refractivity contribution in [2.45, 2.75) is 29.9 Å². The minimum Gasteiger partial charge on any atom is -0.494 e. The molecule has 9 nitrogen and oxygen atoms in total. The summed E-state index contributed by atoms with van der Waals surface area (Å²) in [5.74, 6) is 0.569. The lowest BCUT2D eigenvalue weighted by atomic mass is 10.1. The first-order valence-electron chi connectivity index (χ1n) is 16.8. The van der Waals surface area contributed by atoms with Crippen LogP contribution >= 0.6 is 11.8 Å². The Labute approximate surface area is 308 Å². The van der Waals surface area contributed by atoms with E-state index in [1.807, 2.05) is 66.7 Å². The minimum atomic E-state index is -0.599. The van der Waals surface area contributed by atoms with Crippen LogP contribution in [-0.4, -0.2) is 38.5 Å². The van der Waals surface area contributed by atoms with Gasteiger partial charge in [-0.3, -0.25) is 14.4 Å². The number of thioether (sulfide) groups is 1. The number of nitrogens with one attached hydrogen (secondary N) is 3. The molecule has 0 aliphatic rings. The van der Waals surface area contributed by atoms with E-state index in [2.05, 4.69) is 22.9 Å². The standard InChI is InChI=1S/C42H41N3O6S/c1-4-5-25-51-34-22-20-32(21-23-34)43-42(48)39(30-13-8-6-9-14-30)52-35-18-12-17-33(28-35)44-41(47)36(45-40(46)31-15-10-7-11-16-31)26-29-19-24-37(49-2)38(27-29)50-3/h6-24,26-28,39H,4-5,25H2,1-3H3,(H,43,48)(H,44,47)(H,45,46)/b36-26+. The highest BCUT2D eigenvalue weighted by atomic mass is 32.2. The zero-order chi connectivity index (χ0) is 36.7. The molecule has 0 aliphatic heterocycles. The van der Waals surface area contributed by atoms with Crippen molar-refractivity contribution in [3.05, 3.63) is 150 Å². The molecule has 0 aliphatic carbocycles. The highest BCUT2D eigenvalue weighted by Gasteiger charge is 2.23. The van der Waals surface area contributed by atoms with Crippen LogP contribution in [0.25, 0.3) is 6.08 Å². The number of carbonyl (C=O) groups excluding carboxylic acids is 3. The number of anilines is 2. The summed E-state index contributed by atoms with van der Waals surface area (Å²) in [5, 5.41) is 8.11. The fraction of sp³-hybridized carbons (Fsp3) is 0.167. The summed E-state index contributed by atoms with van der Waals surface area (Å²) in [6.07, 6.45) is 3.59. The van der Waals surface area contributed by atoms with Crippen LogP contribution in [-0.2, 0) is 9.59 Å². The van der Waals surface area contributed by atoms with E-state index in [1.165, 1.54) is 26.0 Å². The number of rotatable bonds is 16. The van der Waals surface area contributed by atoms with Crippen molar-refractivity contribution in [2.24, 2.45) is 0 Å². The number of hydrogen-bond donors (Lipinski definition) is 3. The second kappa shape index (κ2) is 18.8. The SMILES string of the molecule is CCCCOc1ccc(NC(=O)C(Sc2cccc(NC(=O)/C(=C\c3ccc(OC)c(OC)c3)NC(=O)c3ccccc3)c2)c2ccccc2)cc1. The Morgan fingerprint density at radius 1 is 0.731 bits per heavy atom. The van der Waals surface area contributed by atoms with Gasteiger partial charge >= 0.3 is 0 Å². The van der Waals surface area contributed by atoms with E-state index in [0.29, 0.717) is 40.6 Å². The first-order chi connectivity index (χ1) is 25.4. The summed E-state index contributed by atoms with van der Waals surface area (Å²) in [7, 11) is 3.06. The molecule has 0 aromatic heterocycles. The van der Waals surface area contributed by atoms with E-state index in [0.717, 1.165) is 29.1 Å². The summed E-state index contributed by atoms with van der Waals surface area (Å²) in [4.78, 5) is 41.5. The van der Waals surface area contributed by atoms with Crippen molar-refractivity contribution in [1.82, 2.24) is 5.32 Å². The van der Waals surface area contributed by atoms with E-state index in [4.69, 9.17) is 14.2 Å². The third-order valence-corrected chi connectivity index (χ3v) is 9.07.